The Hall–Kier alpha value is -1.37. The number of allylic oxidation sites excluding steroid dienone is 1. The topological polar surface area (TPSA) is 63.7 Å². The van der Waals surface area contributed by atoms with E-state index < -0.39 is 14.6 Å². The molecule has 1 aromatic rings. The Kier molecular flexibility index (Phi) is 4.26. The summed E-state index contributed by atoms with van der Waals surface area (Å²) in [4.78, 5) is 18.5. The first-order chi connectivity index (χ1) is 11.1. The number of carbonyl (C=O) groups excluding carboxylic acids is 1. The molecule has 1 aliphatic heterocycles. The SMILES string of the molecule is CC(C)(C)S(=O)(=O)c1ccccc1C(=O)C1=C(C2CC2)ON(Cl)C1. The van der Waals surface area contributed by atoms with E-state index in [1.807, 2.05) is 0 Å². The van der Waals surface area contributed by atoms with Crippen LogP contribution in [0.3, 0.4) is 0 Å². The molecule has 0 unspecified atom stereocenters. The third-order valence-corrected chi connectivity index (χ3v) is 6.96. The van der Waals surface area contributed by atoms with Crippen LogP contribution in [0.15, 0.2) is 40.5 Å². The van der Waals surface area contributed by atoms with Gasteiger partial charge >= 0.3 is 0 Å². The number of nitrogens with zero attached hydrogens (tertiary/aromatic N) is 1. The summed E-state index contributed by atoms with van der Waals surface area (Å²) in [5.74, 6) is 0.459. The van der Waals surface area contributed by atoms with Crippen LogP contribution < -0.4 is 0 Å². The summed E-state index contributed by atoms with van der Waals surface area (Å²) >= 11 is 5.91. The lowest BCUT2D eigenvalue weighted by atomic mass is 10.0. The van der Waals surface area contributed by atoms with Crippen LogP contribution >= 0.6 is 11.8 Å². The number of sulfone groups is 1. The Morgan fingerprint density at radius 1 is 1.25 bits per heavy atom. The van der Waals surface area contributed by atoms with E-state index in [0.717, 1.165) is 17.4 Å². The van der Waals surface area contributed by atoms with Crippen LogP contribution in [0.5, 0.6) is 0 Å². The van der Waals surface area contributed by atoms with E-state index in [1.165, 1.54) is 6.07 Å². The number of hydrogen-bond donors (Lipinski definition) is 0. The van der Waals surface area contributed by atoms with Gasteiger partial charge in [-0.3, -0.25) is 4.79 Å². The standard InChI is InChI=1S/C17H20ClNO4S/c1-17(2,3)24(21,22)14-7-5-4-6-12(14)15(20)13-10-19(18)23-16(13)11-8-9-11/h4-7,11H,8-10H2,1-3H3. The first kappa shape index (κ1) is 17.5. The summed E-state index contributed by atoms with van der Waals surface area (Å²) in [6.07, 6.45) is 1.91. The number of hydroxylamine groups is 1. The molecule has 130 valence electrons. The summed E-state index contributed by atoms with van der Waals surface area (Å²) in [6.45, 7) is 5.02. The summed E-state index contributed by atoms with van der Waals surface area (Å²) in [6, 6.07) is 6.33. The van der Waals surface area contributed by atoms with Crippen molar-refractivity contribution in [1.82, 2.24) is 4.58 Å². The first-order valence-corrected chi connectivity index (χ1v) is 9.67. The van der Waals surface area contributed by atoms with Gasteiger partial charge in [-0.15, -0.1) is 0 Å². The molecule has 1 heterocycles. The van der Waals surface area contributed by atoms with Gasteiger partial charge in [0.2, 0.25) is 0 Å². The number of halogens is 1. The van der Waals surface area contributed by atoms with E-state index in [0.29, 0.717) is 11.3 Å². The van der Waals surface area contributed by atoms with Gasteiger partial charge in [0.15, 0.2) is 15.6 Å². The van der Waals surface area contributed by atoms with E-state index >= 15 is 0 Å². The van der Waals surface area contributed by atoms with Crippen LogP contribution in [0.4, 0.5) is 0 Å². The molecule has 0 radical (unpaired) electrons. The molecule has 1 saturated carbocycles. The van der Waals surface area contributed by atoms with Crippen molar-refractivity contribution in [1.29, 1.82) is 0 Å². The quantitative estimate of drug-likeness (QED) is 0.600. The summed E-state index contributed by atoms with van der Waals surface area (Å²) in [5, 5.41) is 0. The average Bonchev–Trinajstić information content (AvgIpc) is 3.28. The van der Waals surface area contributed by atoms with Crippen molar-refractivity contribution in [3.05, 3.63) is 41.2 Å². The van der Waals surface area contributed by atoms with Gasteiger partial charge < -0.3 is 4.84 Å². The number of Topliss-reactive ketones (excluding diaryl/α,β-unsaturated/α-hetero) is 1. The molecule has 0 atom stereocenters. The smallest absolute Gasteiger partial charge is 0.195 e. The lowest BCUT2D eigenvalue weighted by Crippen LogP contribution is -2.29. The summed E-state index contributed by atoms with van der Waals surface area (Å²) in [7, 11) is -3.65. The maximum Gasteiger partial charge on any atom is 0.195 e. The molecule has 3 rings (SSSR count). The number of ketones is 1. The van der Waals surface area contributed by atoms with Crippen LogP contribution in [0, 0.1) is 5.92 Å². The van der Waals surface area contributed by atoms with E-state index in [-0.39, 0.29) is 28.7 Å². The first-order valence-electron chi connectivity index (χ1n) is 7.85. The largest absolute Gasteiger partial charge is 0.394 e. The lowest BCUT2D eigenvalue weighted by Gasteiger charge is -2.21. The van der Waals surface area contributed by atoms with Gasteiger partial charge in [0.1, 0.15) is 5.76 Å². The second-order valence-corrected chi connectivity index (χ2v) is 10.2. The molecule has 5 nitrogen and oxygen atoms in total. The van der Waals surface area contributed by atoms with Crippen molar-refractivity contribution < 1.29 is 18.0 Å². The normalized spacial score (nSPS) is 19.5. The Labute approximate surface area is 147 Å². The van der Waals surface area contributed by atoms with E-state index in [2.05, 4.69) is 0 Å². The molecule has 24 heavy (non-hydrogen) atoms. The molecule has 0 bridgehead atoms. The molecular weight excluding hydrogens is 350 g/mol. The minimum absolute atomic E-state index is 0.0539. The van der Waals surface area contributed by atoms with Gasteiger partial charge in [0, 0.05) is 23.3 Å². The van der Waals surface area contributed by atoms with Crippen molar-refractivity contribution in [3.8, 4) is 0 Å². The fourth-order valence-corrected chi connectivity index (χ4v) is 4.19. The minimum atomic E-state index is -3.65. The summed E-state index contributed by atoms with van der Waals surface area (Å²) in [5.41, 5.74) is 0.625. The van der Waals surface area contributed by atoms with Gasteiger partial charge in [-0.1, -0.05) is 12.1 Å². The molecule has 7 heteroatoms. The van der Waals surface area contributed by atoms with Gasteiger partial charge in [-0.05, 0) is 50.3 Å². The van der Waals surface area contributed by atoms with Gasteiger partial charge in [0.05, 0.1) is 21.8 Å². The Bertz CT molecular complexity index is 819. The van der Waals surface area contributed by atoms with E-state index in [9.17, 15) is 13.2 Å². The highest BCUT2D eigenvalue weighted by Crippen LogP contribution is 2.43. The monoisotopic (exact) mass is 369 g/mol. The van der Waals surface area contributed by atoms with Crippen molar-refractivity contribution in [2.75, 3.05) is 6.54 Å². The Balaban J connectivity index is 2.08. The van der Waals surface area contributed by atoms with Crippen LogP contribution in [-0.4, -0.2) is 30.1 Å². The average molecular weight is 370 g/mol. The van der Waals surface area contributed by atoms with Crippen molar-refractivity contribution in [3.63, 3.8) is 0 Å². The zero-order valence-electron chi connectivity index (χ0n) is 13.9. The lowest BCUT2D eigenvalue weighted by molar-refractivity contribution is -0.00914. The molecular formula is C17H20ClNO4S. The molecule has 1 fully saturated rings. The fourth-order valence-electron chi connectivity index (χ4n) is 2.63. The highest BCUT2D eigenvalue weighted by atomic mass is 35.5. The molecule has 0 saturated heterocycles. The predicted molar refractivity (Wildman–Crippen MR) is 91.1 cm³/mol. The van der Waals surface area contributed by atoms with Crippen molar-refractivity contribution >= 4 is 27.4 Å². The number of benzene rings is 1. The Morgan fingerprint density at radius 2 is 1.88 bits per heavy atom. The summed E-state index contributed by atoms with van der Waals surface area (Å²) < 4.78 is 25.8. The minimum Gasteiger partial charge on any atom is -0.394 e. The third kappa shape index (κ3) is 2.98. The highest BCUT2D eigenvalue weighted by Gasteiger charge is 2.40. The van der Waals surface area contributed by atoms with Crippen molar-refractivity contribution in [2.24, 2.45) is 5.92 Å². The molecule has 0 aromatic heterocycles. The van der Waals surface area contributed by atoms with Crippen molar-refractivity contribution in [2.45, 2.75) is 43.3 Å². The van der Waals surface area contributed by atoms with Crippen LogP contribution in [0.25, 0.3) is 0 Å². The third-order valence-electron chi connectivity index (χ3n) is 4.23. The second kappa shape index (κ2) is 5.86. The maximum absolute atomic E-state index is 13.0. The predicted octanol–water partition coefficient (Wildman–Crippen LogP) is 3.51. The van der Waals surface area contributed by atoms with Gasteiger partial charge in [0.25, 0.3) is 0 Å². The molecule has 0 amide bonds. The maximum atomic E-state index is 13.0. The number of hydrogen-bond acceptors (Lipinski definition) is 5. The number of carbonyl (C=O) groups is 1. The fraction of sp³-hybridized carbons (Fsp3) is 0.471. The zero-order chi connectivity index (χ0) is 17.7. The second-order valence-electron chi connectivity index (χ2n) is 7.13. The van der Waals surface area contributed by atoms with Crippen LogP contribution in [-0.2, 0) is 14.7 Å². The zero-order valence-corrected chi connectivity index (χ0v) is 15.4. The van der Waals surface area contributed by atoms with Crippen LogP contribution in [0.1, 0.15) is 44.0 Å². The molecule has 2 aliphatic rings. The molecule has 0 spiro atoms. The molecule has 1 aromatic carbocycles. The van der Waals surface area contributed by atoms with E-state index in [1.54, 1.807) is 39.0 Å². The Morgan fingerprint density at radius 3 is 2.46 bits per heavy atom. The highest BCUT2D eigenvalue weighted by molar-refractivity contribution is 7.92. The van der Waals surface area contributed by atoms with Crippen LogP contribution in [0.2, 0.25) is 0 Å². The van der Waals surface area contributed by atoms with Gasteiger partial charge in [-0.2, -0.15) is 0 Å². The number of rotatable bonds is 4. The molecule has 1 aliphatic carbocycles. The van der Waals surface area contributed by atoms with E-state index in [4.69, 9.17) is 16.6 Å². The van der Waals surface area contributed by atoms with Gasteiger partial charge in [-0.25, -0.2) is 8.42 Å². The molecule has 0 N–H and O–H groups in total.